The molecule has 1 heterocycles. The number of carbonyl (C=O) groups is 1. The summed E-state index contributed by atoms with van der Waals surface area (Å²) in [5, 5.41) is 8.01. The smallest absolute Gasteiger partial charge is 0.307 e. The van der Waals surface area contributed by atoms with Gasteiger partial charge in [0.1, 0.15) is 17.3 Å². The molecular formula is C12H10F4N4O. The van der Waals surface area contributed by atoms with Crippen molar-refractivity contribution in [1.82, 2.24) is 9.78 Å². The highest BCUT2D eigenvalue weighted by Gasteiger charge is 2.15. The Bertz CT molecular complexity index is 651. The molecule has 0 saturated carbocycles. The first-order valence-corrected chi connectivity index (χ1v) is 5.71. The molecule has 9 heteroatoms. The van der Waals surface area contributed by atoms with E-state index in [-0.39, 0.29) is 17.2 Å². The van der Waals surface area contributed by atoms with Gasteiger partial charge in [0.25, 0.3) is 6.43 Å². The van der Waals surface area contributed by atoms with E-state index in [9.17, 15) is 22.4 Å². The molecule has 2 rings (SSSR count). The normalized spacial score (nSPS) is 10.8. The van der Waals surface area contributed by atoms with E-state index in [4.69, 9.17) is 0 Å². The molecule has 0 aliphatic carbocycles. The topological polar surface area (TPSA) is 59.0 Å². The SMILES string of the molecule is Cn1nc(NC(=O)Nc2cc(F)cc(F)c2)cc1C(F)F. The van der Waals surface area contributed by atoms with E-state index in [1.165, 1.54) is 7.05 Å². The molecule has 0 atom stereocenters. The summed E-state index contributed by atoms with van der Waals surface area (Å²) < 4.78 is 51.9. The second-order valence-electron chi connectivity index (χ2n) is 4.12. The van der Waals surface area contributed by atoms with E-state index >= 15 is 0 Å². The number of nitrogens with one attached hydrogen (secondary N) is 2. The van der Waals surface area contributed by atoms with Gasteiger partial charge >= 0.3 is 6.03 Å². The number of halogens is 4. The van der Waals surface area contributed by atoms with Crippen LogP contribution in [0, 0.1) is 11.6 Å². The number of benzene rings is 1. The minimum absolute atomic E-state index is 0.109. The largest absolute Gasteiger partial charge is 0.324 e. The highest BCUT2D eigenvalue weighted by molar-refractivity contribution is 5.99. The van der Waals surface area contributed by atoms with Gasteiger partial charge in [-0.05, 0) is 12.1 Å². The number of alkyl halides is 2. The van der Waals surface area contributed by atoms with Crippen LogP contribution >= 0.6 is 0 Å². The van der Waals surface area contributed by atoms with Gasteiger partial charge in [-0.2, -0.15) is 5.10 Å². The van der Waals surface area contributed by atoms with Crippen molar-refractivity contribution in [3.8, 4) is 0 Å². The Morgan fingerprint density at radius 3 is 2.29 bits per heavy atom. The van der Waals surface area contributed by atoms with Crippen LogP contribution in [-0.4, -0.2) is 15.8 Å². The van der Waals surface area contributed by atoms with Gasteiger partial charge < -0.3 is 5.32 Å². The number of hydrogen-bond acceptors (Lipinski definition) is 2. The fourth-order valence-electron chi connectivity index (χ4n) is 1.65. The molecule has 0 unspecified atom stereocenters. The Labute approximate surface area is 116 Å². The molecule has 1 aromatic carbocycles. The van der Waals surface area contributed by atoms with Crippen LogP contribution in [-0.2, 0) is 7.05 Å². The maximum Gasteiger partial charge on any atom is 0.324 e. The maximum absolute atomic E-state index is 12.9. The summed E-state index contributed by atoms with van der Waals surface area (Å²) in [5.74, 6) is -1.83. The first-order valence-electron chi connectivity index (χ1n) is 5.71. The Balaban J connectivity index is 2.06. The lowest BCUT2D eigenvalue weighted by Gasteiger charge is -2.05. The first kappa shape index (κ1) is 14.8. The fourth-order valence-corrected chi connectivity index (χ4v) is 1.65. The standard InChI is InChI=1S/C12H10F4N4O/c1-20-9(11(15)16)5-10(19-20)18-12(21)17-8-3-6(13)2-7(14)4-8/h2-5,11H,1H3,(H2,17,18,19,21). The third-order valence-electron chi connectivity index (χ3n) is 2.50. The number of anilines is 2. The zero-order valence-corrected chi connectivity index (χ0v) is 10.7. The minimum Gasteiger partial charge on any atom is -0.307 e. The molecule has 0 bridgehead atoms. The molecule has 0 spiro atoms. The van der Waals surface area contributed by atoms with Crippen molar-refractivity contribution in [3.63, 3.8) is 0 Å². The van der Waals surface area contributed by atoms with Crippen LogP contribution in [0.25, 0.3) is 0 Å². The van der Waals surface area contributed by atoms with Crippen LogP contribution in [0.5, 0.6) is 0 Å². The van der Waals surface area contributed by atoms with Crippen molar-refractivity contribution in [2.45, 2.75) is 6.43 Å². The molecular weight excluding hydrogens is 292 g/mol. The average molecular weight is 302 g/mol. The molecule has 21 heavy (non-hydrogen) atoms. The summed E-state index contributed by atoms with van der Waals surface area (Å²) in [6.07, 6.45) is -2.74. The monoisotopic (exact) mass is 302 g/mol. The highest BCUT2D eigenvalue weighted by Crippen LogP contribution is 2.21. The van der Waals surface area contributed by atoms with Crippen molar-refractivity contribution in [2.24, 2.45) is 7.05 Å². The van der Waals surface area contributed by atoms with Crippen LogP contribution in [0.15, 0.2) is 24.3 Å². The molecule has 5 nitrogen and oxygen atoms in total. The number of carbonyl (C=O) groups excluding carboxylic acids is 1. The number of hydrogen-bond donors (Lipinski definition) is 2. The van der Waals surface area contributed by atoms with E-state index in [0.717, 1.165) is 22.9 Å². The number of aryl methyl sites for hydroxylation is 1. The molecule has 2 N–H and O–H groups in total. The summed E-state index contributed by atoms with van der Waals surface area (Å²) in [6.45, 7) is 0. The highest BCUT2D eigenvalue weighted by atomic mass is 19.3. The Morgan fingerprint density at radius 1 is 1.14 bits per heavy atom. The molecule has 0 aliphatic heterocycles. The second kappa shape index (κ2) is 5.81. The molecule has 0 radical (unpaired) electrons. The number of aromatic nitrogens is 2. The molecule has 2 amide bonds. The van der Waals surface area contributed by atoms with Crippen LogP contribution in [0.3, 0.4) is 0 Å². The van der Waals surface area contributed by atoms with E-state index < -0.39 is 24.1 Å². The van der Waals surface area contributed by atoms with Crippen molar-refractivity contribution < 1.29 is 22.4 Å². The summed E-state index contributed by atoms with van der Waals surface area (Å²) >= 11 is 0. The van der Waals surface area contributed by atoms with Crippen LogP contribution < -0.4 is 10.6 Å². The van der Waals surface area contributed by atoms with E-state index in [1.54, 1.807) is 0 Å². The molecule has 112 valence electrons. The molecule has 0 fully saturated rings. The van der Waals surface area contributed by atoms with Crippen LogP contribution in [0.4, 0.5) is 33.9 Å². The number of rotatable bonds is 3. The minimum atomic E-state index is -2.74. The molecule has 2 aromatic rings. The third-order valence-corrected chi connectivity index (χ3v) is 2.50. The van der Waals surface area contributed by atoms with Gasteiger partial charge in [0, 0.05) is 24.9 Å². The van der Waals surface area contributed by atoms with Crippen LogP contribution in [0.1, 0.15) is 12.1 Å². The van der Waals surface area contributed by atoms with Gasteiger partial charge in [-0.1, -0.05) is 0 Å². The number of urea groups is 1. The van der Waals surface area contributed by atoms with E-state index in [1.807, 2.05) is 0 Å². The summed E-state index contributed by atoms with van der Waals surface area (Å²) in [4.78, 5) is 11.6. The zero-order chi connectivity index (χ0) is 15.6. The lowest BCUT2D eigenvalue weighted by atomic mass is 10.3. The summed E-state index contributed by atoms with van der Waals surface area (Å²) in [7, 11) is 1.30. The quantitative estimate of drug-likeness (QED) is 0.855. The van der Waals surface area contributed by atoms with Gasteiger partial charge in [0.05, 0.1) is 0 Å². The first-order chi connectivity index (χ1) is 9.85. The Morgan fingerprint density at radius 2 is 1.76 bits per heavy atom. The zero-order valence-electron chi connectivity index (χ0n) is 10.7. The maximum atomic E-state index is 12.9. The van der Waals surface area contributed by atoms with Gasteiger partial charge in [-0.15, -0.1) is 0 Å². The summed E-state index contributed by atoms with van der Waals surface area (Å²) in [5.41, 5.74) is -0.489. The van der Waals surface area contributed by atoms with Crippen molar-refractivity contribution in [1.29, 1.82) is 0 Å². The van der Waals surface area contributed by atoms with E-state index in [2.05, 4.69) is 15.7 Å². The summed E-state index contributed by atoms with van der Waals surface area (Å²) in [6, 6.07) is 2.60. The molecule has 0 aliphatic rings. The molecule has 0 saturated heterocycles. The second-order valence-corrected chi connectivity index (χ2v) is 4.12. The van der Waals surface area contributed by atoms with Gasteiger partial charge in [0.15, 0.2) is 5.82 Å². The molecule has 1 aromatic heterocycles. The predicted octanol–water partition coefficient (Wildman–Crippen LogP) is 3.28. The van der Waals surface area contributed by atoms with Gasteiger partial charge in [-0.25, -0.2) is 22.4 Å². The van der Waals surface area contributed by atoms with E-state index in [0.29, 0.717) is 6.07 Å². The Kier molecular flexibility index (Phi) is 4.10. The number of amides is 2. The third kappa shape index (κ3) is 3.71. The lowest BCUT2D eigenvalue weighted by Crippen LogP contribution is -2.20. The Hall–Kier alpha value is -2.58. The lowest BCUT2D eigenvalue weighted by molar-refractivity contribution is 0.141. The predicted molar refractivity (Wildman–Crippen MR) is 67.2 cm³/mol. The number of nitrogens with zero attached hydrogens (tertiary/aromatic N) is 2. The average Bonchev–Trinajstić information content (AvgIpc) is 2.68. The van der Waals surface area contributed by atoms with Gasteiger partial charge in [0.2, 0.25) is 0 Å². The van der Waals surface area contributed by atoms with Gasteiger partial charge in [-0.3, -0.25) is 10.00 Å². The van der Waals surface area contributed by atoms with Crippen molar-refractivity contribution in [2.75, 3.05) is 10.6 Å². The van der Waals surface area contributed by atoms with Crippen LogP contribution in [0.2, 0.25) is 0 Å². The fraction of sp³-hybridized carbons (Fsp3) is 0.167. The van der Waals surface area contributed by atoms with Crippen molar-refractivity contribution in [3.05, 3.63) is 41.6 Å². The van der Waals surface area contributed by atoms with Crippen molar-refractivity contribution >= 4 is 17.5 Å².